The molecule has 0 fully saturated rings. The van der Waals surface area contributed by atoms with Gasteiger partial charge in [-0.25, -0.2) is 0 Å². The zero-order chi connectivity index (χ0) is 23.5. The Bertz CT molecular complexity index is 443. The summed E-state index contributed by atoms with van der Waals surface area (Å²) in [5.41, 5.74) is 0. The van der Waals surface area contributed by atoms with Crippen LogP contribution < -0.4 is 0 Å². The van der Waals surface area contributed by atoms with E-state index in [0.29, 0.717) is 49.7 Å². The number of rotatable bonds is 20. The first kappa shape index (κ1) is 29.9. The van der Waals surface area contributed by atoms with Crippen molar-refractivity contribution < 1.29 is 19.1 Å². The number of hydrogen-bond donors (Lipinski definition) is 0. The maximum atomic E-state index is 12.0. The van der Waals surface area contributed by atoms with E-state index in [4.69, 9.17) is 9.47 Å². The van der Waals surface area contributed by atoms with Crippen LogP contribution >= 0.6 is 0 Å². The summed E-state index contributed by atoms with van der Waals surface area (Å²) in [5, 5.41) is 0. The van der Waals surface area contributed by atoms with Crippen LogP contribution in [0.4, 0.5) is 0 Å². The van der Waals surface area contributed by atoms with Crippen LogP contribution in [0.15, 0.2) is 0 Å². The van der Waals surface area contributed by atoms with Crippen molar-refractivity contribution in [2.24, 2.45) is 23.7 Å². The molecule has 0 bridgehead atoms. The SMILES string of the molecule is CC(C)CCCOC(=O)CCCCCCCC(CCC(=O)OCCCC(C)C)C(C)C. The molecule has 0 aliphatic heterocycles. The average Bonchev–Trinajstić information content (AvgIpc) is 2.69. The summed E-state index contributed by atoms with van der Waals surface area (Å²) < 4.78 is 10.7. The minimum absolute atomic E-state index is 0.0366. The molecule has 1 atom stereocenters. The number of esters is 2. The zero-order valence-corrected chi connectivity index (χ0v) is 21.5. The molecule has 1 unspecified atom stereocenters. The highest BCUT2D eigenvalue weighted by Crippen LogP contribution is 2.24. The first-order valence-electron chi connectivity index (χ1n) is 13.0. The van der Waals surface area contributed by atoms with Gasteiger partial charge in [0.1, 0.15) is 0 Å². The Morgan fingerprint density at radius 3 is 1.55 bits per heavy atom. The van der Waals surface area contributed by atoms with Crippen molar-refractivity contribution >= 4 is 11.9 Å². The van der Waals surface area contributed by atoms with Crippen molar-refractivity contribution in [2.75, 3.05) is 13.2 Å². The van der Waals surface area contributed by atoms with E-state index in [2.05, 4.69) is 41.5 Å². The second kappa shape index (κ2) is 19.6. The van der Waals surface area contributed by atoms with Crippen LogP contribution in [0.5, 0.6) is 0 Å². The highest BCUT2D eigenvalue weighted by Gasteiger charge is 2.15. The standard InChI is InChI=1S/C27H52O4/c1-22(2)14-12-20-30-26(28)17-11-9-7-8-10-16-25(24(5)6)18-19-27(29)31-21-13-15-23(3)4/h22-25H,7-21H2,1-6H3. The normalized spacial score (nSPS) is 12.5. The van der Waals surface area contributed by atoms with Gasteiger partial charge >= 0.3 is 11.9 Å². The molecule has 0 aromatic heterocycles. The molecule has 0 spiro atoms. The number of hydrogen-bond acceptors (Lipinski definition) is 4. The summed E-state index contributed by atoms with van der Waals surface area (Å²) >= 11 is 0. The van der Waals surface area contributed by atoms with Crippen molar-refractivity contribution in [3.05, 3.63) is 0 Å². The van der Waals surface area contributed by atoms with Crippen molar-refractivity contribution in [1.29, 1.82) is 0 Å². The van der Waals surface area contributed by atoms with Gasteiger partial charge in [-0.1, -0.05) is 73.6 Å². The molecule has 184 valence electrons. The van der Waals surface area contributed by atoms with Crippen LogP contribution in [-0.4, -0.2) is 25.2 Å². The summed E-state index contributed by atoms with van der Waals surface area (Å²) in [5.74, 6) is 2.44. The van der Waals surface area contributed by atoms with Crippen LogP contribution in [0.2, 0.25) is 0 Å². The molecule has 0 rings (SSSR count). The molecule has 0 amide bonds. The second-order valence-electron chi connectivity index (χ2n) is 10.4. The fourth-order valence-corrected chi connectivity index (χ4v) is 3.82. The third-order valence-corrected chi connectivity index (χ3v) is 6.00. The maximum Gasteiger partial charge on any atom is 0.305 e. The summed E-state index contributed by atoms with van der Waals surface area (Å²) in [6.07, 6.45) is 13.0. The largest absolute Gasteiger partial charge is 0.466 e. The predicted octanol–water partition coefficient (Wildman–Crippen LogP) is 7.73. The van der Waals surface area contributed by atoms with E-state index in [-0.39, 0.29) is 11.9 Å². The summed E-state index contributed by atoms with van der Waals surface area (Å²) in [4.78, 5) is 23.7. The van der Waals surface area contributed by atoms with Crippen molar-refractivity contribution in [3.8, 4) is 0 Å². The lowest BCUT2D eigenvalue weighted by Crippen LogP contribution is -2.13. The first-order valence-corrected chi connectivity index (χ1v) is 13.0. The van der Waals surface area contributed by atoms with Gasteiger partial charge in [0.25, 0.3) is 0 Å². The molecule has 0 radical (unpaired) electrons. The van der Waals surface area contributed by atoms with Gasteiger partial charge in [-0.15, -0.1) is 0 Å². The van der Waals surface area contributed by atoms with E-state index in [9.17, 15) is 9.59 Å². The Morgan fingerprint density at radius 2 is 1.03 bits per heavy atom. The highest BCUT2D eigenvalue weighted by molar-refractivity contribution is 5.69. The van der Waals surface area contributed by atoms with Crippen molar-refractivity contribution in [1.82, 2.24) is 0 Å². The fourth-order valence-electron chi connectivity index (χ4n) is 3.82. The topological polar surface area (TPSA) is 52.6 Å². The molecule has 4 heteroatoms. The summed E-state index contributed by atoms with van der Waals surface area (Å²) in [6, 6.07) is 0. The quantitative estimate of drug-likeness (QED) is 0.143. The fraction of sp³-hybridized carbons (Fsp3) is 0.926. The Hall–Kier alpha value is -1.06. The van der Waals surface area contributed by atoms with Crippen LogP contribution in [0.3, 0.4) is 0 Å². The van der Waals surface area contributed by atoms with E-state index < -0.39 is 0 Å². The minimum atomic E-state index is -0.0419. The molecule has 4 nitrogen and oxygen atoms in total. The Balaban J connectivity index is 3.72. The van der Waals surface area contributed by atoms with Crippen LogP contribution in [-0.2, 0) is 19.1 Å². The Morgan fingerprint density at radius 1 is 0.548 bits per heavy atom. The van der Waals surface area contributed by atoms with Crippen LogP contribution in [0, 0.1) is 23.7 Å². The lowest BCUT2D eigenvalue weighted by molar-refractivity contribution is -0.145. The molecule has 0 saturated heterocycles. The molecule has 0 aromatic carbocycles. The van der Waals surface area contributed by atoms with E-state index >= 15 is 0 Å². The predicted molar refractivity (Wildman–Crippen MR) is 130 cm³/mol. The maximum absolute atomic E-state index is 12.0. The third kappa shape index (κ3) is 20.6. The molecular weight excluding hydrogens is 388 g/mol. The number of carbonyl (C=O) groups excluding carboxylic acids is 2. The van der Waals surface area contributed by atoms with Gasteiger partial charge in [-0.3, -0.25) is 9.59 Å². The van der Waals surface area contributed by atoms with Gasteiger partial charge < -0.3 is 9.47 Å². The van der Waals surface area contributed by atoms with Crippen LogP contribution in [0.25, 0.3) is 0 Å². The van der Waals surface area contributed by atoms with Gasteiger partial charge in [-0.05, 0) is 62.2 Å². The van der Waals surface area contributed by atoms with Gasteiger partial charge in [0.05, 0.1) is 13.2 Å². The monoisotopic (exact) mass is 440 g/mol. The van der Waals surface area contributed by atoms with Gasteiger partial charge in [0.15, 0.2) is 0 Å². The first-order chi connectivity index (χ1) is 14.7. The van der Waals surface area contributed by atoms with E-state index in [1.54, 1.807) is 0 Å². The Labute approximate surface area is 193 Å². The lowest BCUT2D eigenvalue weighted by Gasteiger charge is -2.20. The van der Waals surface area contributed by atoms with Gasteiger partial charge in [0, 0.05) is 12.8 Å². The molecule has 0 N–H and O–H groups in total. The number of ether oxygens (including phenoxy) is 2. The molecule has 0 aliphatic rings. The smallest absolute Gasteiger partial charge is 0.305 e. The zero-order valence-electron chi connectivity index (χ0n) is 21.5. The molecular formula is C27H52O4. The minimum Gasteiger partial charge on any atom is -0.466 e. The second-order valence-corrected chi connectivity index (χ2v) is 10.4. The van der Waals surface area contributed by atoms with E-state index in [1.165, 1.54) is 25.7 Å². The van der Waals surface area contributed by atoms with E-state index in [1.807, 2.05) is 0 Å². The molecule has 31 heavy (non-hydrogen) atoms. The average molecular weight is 441 g/mol. The highest BCUT2D eigenvalue weighted by atomic mass is 16.5. The van der Waals surface area contributed by atoms with Gasteiger partial charge in [-0.2, -0.15) is 0 Å². The Kier molecular flexibility index (Phi) is 18.9. The number of carbonyl (C=O) groups is 2. The van der Waals surface area contributed by atoms with Crippen LogP contribution in [0.1, 0.15) is 125 Å². The lowest BCUT2D eigenvalue weighted by atomic mass is 9.86. The van der Waals surface area contributed by atoms with Crippen molar-refractivity contribution in [2.45, 2.75) is 125 Å². The molecule has 0 heterocycles. The number of unbranched alkanes of at least 4 members (excludes halogenated alkanes) is 4. The van der Waals surface area contributed by atoms with E-state index in [0.717, 1.165) is 44.9 Å². The molecule has 0 saturated carbocycles. The third-order valence-electron chi connectivity index (χ3n) is 6.00. The molecule has 0 aliphatic carbocycles. The summed E-state index contributed by atoms with van der Waals surface area (Å²) in [7, 11) is 0. The van der Waals surface area contributed by atoms with Gasteiger partial charge in [0.2, 0.25) is 0 Å². The van der Waals surface area contributed by atoms with Crippen molar-refractivity contribution in [3.63, 3.8) is 0 Å². The molecule has 0 aromatic rings. The summed E-state index contributed by atoms with van der Waals surface area (Å²) in [6.45, 7) is 14.4.